The maximum absolute atomic E-state index is 12.1. The van der Waals surface area contributed by atoms with E-state index >= 15 is 0 Å². The van der Waals surface area contributed by atoms with E-state index in [4.69, 9.17) is 0 Å². The van der Waals surface area contributed by atoms with E-state index in [1.54, 1.807) is 0 Å². The van der Waals surface area contributed by atoms with E-state index in [1.165, 1.54) is 39.3 Å². The second-order valence-corrected chi connectivity index (χ2v) is 6.88. The number of hydrogen-bond acceptors (Lipinski definition) is 2. The van der Waals surface area contributed by atoms with Crippen LogP contribution in [0.1, 0.15) is 74.2 Å². The van der Waals surface area contributed by atoms with Crippen LogP contribution in [0.3, 0.4) is 0 Å². The molecule has 1 heterocycles. The number of aryl methyl sites for hydroxylation is 1. The van der Waals surface area contributed by atoms with Crippen molar-refractivity contribution >= 4 is 11.8 Å². The van der Waals surface area contributed by atoms with E-state index in [9.17, 15) is 9.59 Å². The van der Waals surface area contributed by atoms with Crippen molar-refractivity contribution in [2.45, 2.75) is 58.4 Å². The number of carbonyl (C=O) groups excluding carboxylic acids is 2. The summed E-state index contributed by atoms with van der Waals surface area (Å²) in [6, 6.07) is 4.32. The Morgan fingerprint density at radius 2 is 1.64 bits per heavy atom. The molecule has 1 atom stereocenters. The summed E-state index contributed by atoms with van der Waals surface area (Å²) >= 11 is 0. The van der Waals surface area contributed by atoms with E-state index in [0.29, 0.717) is 11.8 Å². The number of nitrogens with zero attached hydrogens (tertiary/aromatic N) is 1. The third-order valence-electron chi connectivity index (χ3n) is 4.79. The normalized spacial score (nSPS) is 20.6. The van der Waals surface area contributed by atoms with Gasteiger partial charge in [-0.3, -0.25) is 14.5 Å². The highest BCUT2D eigenvalue weighted by Crippen LogP contribution is 2.44. The lowest BCUT2D eigenvalue weighted by Crippen LogP contribution is -2.33. The zero-order valence-corrected chi connectivity index (χ0v) is 13.7. The molecule has 3 nitrogen and oxygen atoms in total. The van der Waals surface area contributed by atoms with Crippen molar-refractivity contribution in [2.75, 3.05) is 0 Å². The molecular weight excluding hydrogens is 274 g/mol. The van der Waals surface area contributed by atoms with Crippen LogP contribution in [0.15, 0.2) is 24.3 Å². The molecule has 1 aromatic carbocycles. The van der Waals surface area contributed by atoms with Gasteiger partial charge in [0.25, 0.3) is 11.8 Å². The molecule has 0 radical (unpaired) electrons. The highest BCUT2D eigenvalue weighted by atomic mass is 16.2. The molecule has 116 valence electrons. The Bertz CT molecular complexity index is 652. The van der Waals surface area contributed by atoms with Gasteiger partial charge < -0.3 is 0 Å². The molecule has 2 aliphatic rings. The monoisotopic (exact) mass is 297 g/mol. The topological polar surface area (TPSA) is 37.4 Å². The van der Waals surface area contributed by atoms with Gasteiger partial charge in [0.1, 0.15) is 0 Å². The van der Waals surface area contributed by atoms with Gasteiger partial charge in [-0.1, -0.05) is 39.8 Å². The molecule has 0 fully saturated rings. The molecule has 0 spiro atoms. The lowest BCUT2D eigenvalue weighted by molar-refractivity contribution is -0.139. The van der Waals surface area contributed by atoms with Crippen LogP contribution in [0.5, 0.6) is 0 Å². The quantitative estimate of drug-likeness (QED) is 0.795. The number of fused-ring (bicyclic) bond motifs is 1. The van der Waals surface area contributed by atoms with Crippen molar-refractivity contribution in [1.29, 1.82) is 0 Å². The Morgan fingerprint density at radius 3 is 2.18 bits per heavy atom. The fourth-order valence-corrected chi connectivity index (χ4v) is 3.87. The summed E-state index contributed by atoms with van der Waals surface area (Å²) in [5.41, 5.74) is 5.20. The maximum atomic E-state index is 12.1. The summed E-state index contributed by atoms with van der Waals surface area (Å²) < 4.78 is 0. The Kier molecular flexibility index (Phi) is 3.67. The molecule has 3 heteroatoms. The first-order valence-corrected chi connectivity index (χ1v) is 8.12. The van der Waals surface area contributed by atoms with Gasteiger partial charge in [-0.2, -0.15) is 0 Å². The van der Waals surface area contributed by atoms with E-state index < -0.39 is 0 Å². The Hall–Kier alpha value is -1.90. The molecule has 1 aliphatic carbocycles. The summed E-state index contributed by atoms with van der Waals surface area (Å²) in [5, 5.41) is 0. The number of benzene rings is 1. The Labute approximate surface area is 132 Å². The average Bonchev–Trinajstić information content (AvgIpc) is 3.01. The lowest BCUT2D eigenvalue weighted by atomic mass is 9.84. The van der Waals surface area contributed by atoms with Gasteiger partial charge in [0.05, 0.1) is 6.04 Å². The number of rotatable bonds is 3. The molecule has 0 unspecified atom stereocenters. The molecule has 0 saturated carbocycles. The fourth-order valence-electron chi connectivity index (χ4n) is 3.87. The molecule has 0 N–H and O–H groups in total. The van der Waals surface area contributed by atoms with Crippen molar-refractivity contribution in [1.82, 2.24) is 4.90 Å². The minimum Gasteiger partial charge on any atom is -0.269 e. The van der Waals surface area contributed by atoms with E-state index in [2.05, 4.69) is 39.8 Å². The number of hydrogen-bond donors (Lipinski definition) is 0. The molecule has 1 aliphatic heterocycles. The standard InChI is InChI=1S/C19H23NO2/c1-11(2)14-7-5-13-6-8-15(19(13)18(14)12(3)4)20-16(21)9-10-17(20)22/h5,7,9-12,15H,6,8H2,1-4H3/t15-/m0/s1. The summed E-state index contributed by atoms with van der Waals surface area (Å²) in [4.78, 5) is 25.6. The fraction of sp³-hybridized carbons (Fsp3) is 0.474. The second kappa shape index (κ2) is 5.38. The zero-order valence-electron chi connectivity index (χ0n) is 13.7. The minimum atomic E-state index is -0.174. The van der Waals surface area contributed by atoms with Gasteiger partial charge in [-0.25, -0.2) is 0 Å². The van der Waals surface area contributed by atoms with Crippen LogP contribution >= 0.6 is 0 Å². The molecular formula is C19H23NO2. The van der Waals surface area contributed by atoms with Gasteiger partial charge in [0.15, 0.2) is 0 Å². The van der Waals surface area contributed by atoms with Gasteiger partial charge in [0, 0.05) is 12.2 Å². The van der Waals surface area contributed by atoms with Crippen LogP contribution in [0.4, 0.5) is 0 Å². The van der Waals surface area contributed by atoms with Gasteiger partial charge in [-0.05, 0) is 46.9 Å². The molecule has 0 saturated heterocycles. The first-order valence-electron chi connectivity index (χ1n) is 8.12. The zero-order chi connectivity index (χ0) is 16.0. The van der Waals surface area contributed by atoms with Crippen LogP contribution in [-0.2, 0) is 16.0 Å². The molecule has 0 aromatic heterocycles. The summed E-state index contributed by atoms with van der Waals surface area (Å²) in [7, 11) is 0. The smallest absolute Gasteiger partial charge is 0.254 e. The van der Waals surface area contributed by atoms with Crippen LogP contribution in [0.25, 0.3) is 0 Å². The summed E-state index contributed by atoms with van der Waals surface area (Å²) in [6.07, 6.45) is 4.56. The van der Waals surface area contributed by atoms with Gasteiger partial charge >= 0.3 is 0 Å². The molecule has 2 amide bonds. The first kappa shape index (κ1) is 15.0. The van der Waals surface area contributed by atoms with E-state index in [-0.39, 0.29) is 17.9 Å². The average molecular weight is 297 g/mol. The first-order chi connectivity index (χ1) is 10.4. The number of carbonyl (C=O) groups is 2. The molecule has 0 bridgehead atoms. The number of amides is 2. The highest BCUT2D eigenvalue weighted by molar-refractivity contribution is 6.13. The van der Waals surface area contributed by atoms with Gasteiger partial charge in [-0.15, -0.1) is 0 Å². The van der Waals surface area contributed by atoms with Crippen LogP contribution < -0.4 is 0 Å². The van der Waals surface area contributed by atoms with E-state index in [1.807, 2.05) is 0 Å². The SMILES string of the molecule is CC(C)c1ccc2c(c1C(C)C)[C@@H](N1C(=O)C=CC1=O)CC2. The lowest BCUT2D eigenvalue weighted by Gasteiger charge is -2.28. The maximum Gasteiger partial charge on any atom is 0.254 e. The van der Waals surface area contributed by atoms with E-state index in [0.717, 1.165) is 12.8 Å². The van der Waals surface area contributed by atoms with Crippen molar-refractivity contribution < 1.29 is 9.59 Å². The summed E-state index contributed by atoms with van der Waals surface area (Å²) in [6.45, 7) is 8.79. The molecule has 1 aromatic rings. The predicted molar refractivity (Wildman–Crippen MR) is 86.7 cm³/mol. The third-order valence-corrected chi connectivity index (χ3v) is 4.79. The van der Waals surface area contributed by atoms with Crippen molar-refractivity contribution in [3.8, 4) is 0 Å². The van der Waals surface area contributed by atoms with Crippen molar-refractivity contribution in [3.63, 3.8) is 0 Å². The summed E-state index contributed by atoms with van der Waals surface area (Å²) in [5.74, 6) is 0.473. The molecule has 22 heavy (non-hydrogen) atoms. The third kappa shape index (κ3) is 2.20. The van der Waals surface area contributed by atoms with Crippen molar-refractivity contribution in [2.24, 2.45) is 0 Å². The van der Waals surface area contributed by atoms with Gasteiger partial charge in [0.2, 0.25) is 0 Å². The highest BCUT2D eigenvalue weighted by Gasteiger charge is 2.38. The minimum absolute atomic E-state index is 0.0962. The van der Waals surface area contributed by atoms with Crippen LogP contribution in [0, 0.1) is 0 Å². The second-order valence-electron chi connectivity index (χ2n) is 6.88. The van der Waals surface area contributed by atoms with Crippen LogP contribution in [-0.4, -0.2) is 16.7 Å². The Morgan fingerprint density at radius 1 is 1.00 bits per heavy atom. The molecule has 3 rings (SSSR count). The predicted octanol–water partition coefficient (Wildman–Crippen LogP) is 3.85. The number of imide groups is 1. The van der Waals surface area contributed by atoms with Crippen LogP contribution in [0.2, 0.25) is 0 Å². The Balaban J connectivity index is 2.15. The largest absolute Gasteiger partial charge is 0.269 e. The van der Waals surface area contributed by atoms with Crippen molar-refractivity contribution in [3.05, 3.63) is 46.5 Å².